The number of unbranched alkanes of at least 4 members (excludes halogenated alkanes) is 3. The van der Waals surface area contributed by atoms with E-state index in [0.29, 0.717) is 41.2 Å². The van der Waals surface area contributed by atoms with Crippen LogP contribution in [-0.2, 0) is 16.0 Å². The van der Waals surface area contributed by atoms with Crippen molar-refractivity contribution in [3.63, 3.8) is 0 Å². The van der Waals surface area contributed by atoms with Crippen molar-refractivity contribution in [3.8, 4) is 23.0 Å². The Balaban J connectivity index is 1.48. The van der Waals surface area contributed by atoms with E-state index >= 15 is 0 Å². The SMILES string of the molecule is CCCCCCOC(=O)c1ccc2c(c1)-c1c(c(C(=O)C(C#N)C(=O)Nc3ccccc3)nn1-c1ccccc1)C2. The number of carbonyl (C=O) groups is 3. The van der Waals surface area contributed by atoms with Crippen molar-refractivity contribution >= 4 is 23.3 Å². The topological polar surface area (TPSA) is 114 Å². The quantitative estimate of drug-likeness (QED) is 0.0921. The molecule has 1 aliphatic carbocycles. The molecule has 1 N–H and O–H groups in total. The molecular formula is C33H30N4O4. The van der Waals surface area contributed by atoms with E-state index in [4.69, 9.17) is 4.74 Å². The number of hydrogen-bond donors (Lipinski definition) is 1. The van der Waals surface area contributed by atoms with Crippen molar-refractivity contribution in [1.29, 1.82) is 5.26 Å². The van der Waals surface area contributed by atoms with Crippen molar-refractivity contribution in [1.82, 2.24) is 9.78 Å². The summed E-state index contributed by atoms with van der Waals surface area (Å²) in [6.45, 7) is 2.49. The number of nitrogens with zero attached hydrogens (tertiary/aromatic N) is 3. The van der Waals surface area contributed by atoms with E-state index in [9.17, 15) is 19.6 Å². The Morgan fingerprint density at radius 3 is 2.44 bits per heavy atom. The number of anilines is 1. The average molecular weight is 547 g/mol. The van der Waals surface area contributed by atoms with Gasteiger partial charge in [-0.25, -0.2) is 9.48 Å². The molecular weight excluding hydrogens is 516 g/mol. The summed E-state index contributed by atoms with van der Waals surface area (Å²) in [5.41, 5.74) is 4.63. The van der Waals surface area contributed by atoms with Gasteiger partial charge < -0.3 is 10.1 Å². The van der Waals surface area contributed by atoms with Gasteiger partial charge in [-0.15, -0.1) is 0 Å². The molecule has 0 aliphatic heterocycles. The van der Waals surface area contributed by atoms with Gasteiger partial charge in [0.2, 0.25) is 11.7 Å². The Labute approximate surface area is 238 Å². The number of para-hydroxylation sites is 2. The predicted molar refractivity (Wildman–Crippen MR) is 155 cm³/mol. The highest BCUT2D eigenvalue weighted by Gasteiger charge is 2.37. The third kappa shape index (κ3) is 5.80. The number of aromatic nitrogens is 2. The van der Waals surface area contributed by atoms with Crippen LogP contribution in [0.1, 0.15) is 64.6 Å². The first-order valence-electron chi connectivity index (χ1n) is 13.8. The van der Waals surface area contributed by atoms with E-state index in [1.165, 1.54) is 0 Å². The summed E-state index contributed by atoms with van der Waals surface area (Å²) in [6.07, 6.45) is 4.41. The molecule has 41 heavy (non-hydrogen) atoms. The molecule has 1 unspecified atom stereocenters. The molecule has 0 spiro atoms. The molecule has 0 fully saturated rings. The van der Waals surface area contributed by atoms with Crippen molar-refractivity contribution < 1.29 is 19.1 Å². The lowest BCUT2D eigenvalue weighted by molar-refractivity contribution is -0.117. The summed E-state index contributed by atoms with van der Waals surface area (Å²) in [6, 6.07) is 25.2. The van der Waals surface area contributed by atoms with Crippen molar-refractivity contribution in [2.45, 2.75) is 39.0 Å². The Kier molecular flexibility index (Phi) is 8.35. The average Bonchev–Trinajstić information content (AvgIpc) is 3.55. The van der Waals surface area contributed by atoms with E-state index < -0.39 is 23.6 Å². The number of nitriles is 1. The number of amides is 1. The highest BCUT2D eigenvalue weighted by molar-refractivity contribution is 6.16. The number of Topliss-reactive ketones (excluding diaryl/α,β-unsaturated/α-hetero) is 1. The molecule has 8 nitrogen and oxygen atoms in total. The summed E-state index contributed by atoms with van der Waals surface area (Å²) in [5.74, 6) is -3.38. The lowest BCUT2D eigenvalue weighted by atomic mass is 9.98. The molecule has 1 aliphatic rings. The fourth-order valence-corrected chi connectivity index (χ4v) is 5.00. The van der Waals surface area contributed by atoms with Crippen molar-refractivity contribution in [3.05, 3.63) is 101 Å². The minimum atomic E-state index is -1.58. The van der Waals surface area contributed by atoms with Gasteiger partial charge in [0.15, 0.2) is 5.92 Å². The number of rotatable bonds is 11. The van der Waals surface area contributed by atoms with Crippen molar-refractivity contribution in [2.75, 3.05) is 11.9 Å². The summed E-state index contributed by atoms with van der Waals surface area (Å²) in [7, 11) is 0. The molecule has 1 aromatic heterocycles. The maximum Gasteiger partial charge on any atom is 0.338 e. The van der Waals surface area contributed by atoms with E-state index in [-0.39, 0.29) is 5.69 Å². The van der Waals surface area contributed by atoms with Crippen LogP contribution in [0.4, 0.5) is 5.69 Å². The lowest BCUT2D eigenvalue weighted by Crippen LogP contribution is -2.29. The van der Waals surface area contributed by atoms with E-state index in [0.717, 1.165) is 36.8 Å². The molecule has 0 radical (unpaired) electrons. The van der Waals surface area contributed by atoms with Crippen LogP contribution in [0, 0.1) is 17.2 Å². The second kappa shape index (κ2) is 12.4. The number of ether oxygens (including phenoxy) is 1. The van der Waals surface area contributed by atoms with Crippen LogP contribution in [0.2, 0.25) is 0 Å². The molecule has 1 atom stereocenters. The number of ketones is 1. The smallest absolute Gasteiger partial charge is 0.338 e. The van der Waals surface area contributed by atoms with Crippen molar-refractivity contribution in [2.24, 2.45) is 5.92 Å². The Hall–Kier alpha value is -5.03. The molecule has 8 heteroatoms. The standard InChI is InChI=1S/C33H30N4O4/c1-2-3-4-11-18-41-33(40)23-17-16-22-19-27-29(31(38)28(21-34)32(39)35-24-12-7-5-8-13-24)36-37(30(27)26(22)20-23)25-14-9-6-10-15-25/h5-10,12-17,20,28H,2-4,11,18-19H2,1H3,(H,35,39). The second-order valence-electron chi connectivity index (χ2n) is 9.95. The fourth-order valence-electron chi connectivity index (χ4n) is 5.00. The summed E-state index contributed by atoms with van der Waals surface area (Å²) >= 11 is 0. The maximum atomic E-state index is 13.7. The highest BCUT2D eigenvalue weighted by Crippen LogP contribution is 2.41. The van der Waals surface area contributed by atoms with Crippen LogP contribution in [-0.4, -0.2) is 34.0 Å². The molecule has 0 saturated carbocycles. The van der Waals surface area contributed by atoms with Gasteiger partial charge in [0.1, 0.15) is 5.69 Å². The highest BCUT2D eigenvalue weighted by atomic mass is 16.5. The predicted octanol–water partition coefficient (Wildman–Crippen LogP) is 6.14. The summed E-state index contributed by atoms with van der Waals surface area (Å²) < 4.78 is 7.16. The monoisotopic (exact) mass is 546 g/mol. The molecule has 0 saturated heterocycles. The van der Waals surface area contributed by atoms with Crippen LogP contribution in [0.5, 0.6) is 0 Å². The number of nitrogens with one attached hydrogen (secondary N) is 1. The summed E-state index contributed by atoms with van der Waals surface area (Å²) in [4.78, 5) is 39.5. The van der Waals surface area contributed by atoms with Gasteiger partial charge in [-0.3, -0.25) is 9.59 Å². The Morgan fingerprint density at radius 2 is 1.73 bits per heavy atom. The Bertz CT molecular complexity index is 1620. The molecule has 1 amide bonds. The van der Waals surface area contributed by atoms with Gasteiger partial charge >= 0.3 is 5.97 Å². The van der Waals surface area contributed by atoms with Gasteiger partial charge in [0, 0.05) is 23.2 Å². The van der Waals surface area contributed by atoms with Gasteiger partial charge in [0.25, 0.3) is 0 Å². The third-order valence-corrected chi connectivity index (χ3v) is 7.11. The van der Waals surface area contributed by atoms with Gasteiger partial charge in [-0.2, -0.15) is 10.4 Å². The largest absolute Gasteiger partial charge is 0.462 e. The van der Waals surface area contributed by atoms with Crippen LogP contribution in [0.3, 0.4) is 0 Å². The van der Waals surface area contributed by atoms with Crippen LogP contribution in [0.25, 0.3) is 16.9 Å². The zero-order chi connectivity index (χ0) is 28.8. The van der Waals surface area contributed by atoms with E-state index in [2.05, 4.69) is 17.3 Å². The zero-order valence-electron chi connectivity index (χ0n) is 22.8. The molecule has 4 aromatic rings. The number of carbonyl (C=O) groups excluding carboxylic acids is 3. The second-order valence-corrected chi connectivity index (χ2v) is 9.95. The van der Waals surface area contributed by atoms with Gasteiger partial charge in [0.05, 0.1) is 29.6 Å². The molecule has 1 heterocycles. The normalized spacial score (nSPS) is 12.1. The fraction of sp³-hybridized carbons (Fsp3) is 0.242. The first-order valence-corrected chi connectivity index (χ1v) is 13.8. The summed E-state index contributed by atoms with van der Waals surface area (Å²) in [5, 5.41) is 17.1. The first-order chi connectivity index (χ1) is 20.0. The molecule has 5 rings (SSSR count). The van der Waals surface area contributed by atoms with E-state index in [1.807, 2.05) is 42.5 Å². The first kappa shape index (κ1) is 27.5. The van der Waals surface area contributed by atoms with Crippen LogP contribution < -0.4 is 5.32 Å². The number of esters is 1. The van der Waals surface area contributed by atoms with E-state index in [1.54, 1.807) is 47.1 Å². The Morgan fingerprint density at radius 1 is 1.00 bits per heavy atom. The molecule has 206 valence electrons. The number of fused-ring (bicyclic) bond motifs is 3. The zero-order valence-corrected chi connectivity index (χ0v) is 22.8. The minimum Gasteiger partial charge on any atom is -0.462 e. The maximum absolute atomic E-state index is 13.7. The minimum absolute atomic E-state index is 0.0647. The van der Waals surface area contributed by atoms with Crippen LogP contribution in [0.15, 0.2) is 78.9 Å². The molecule has 0 bridgehead atoms. The lowest BCUT2D eigenvalue weighted by Gasteiger charge is -2.10. The third-order valence-electron chi connectivity index (χ3n) is 7.11. The number of benzene rings is 3. The molecule has 3 aromatic carbocycles. The van der Waals surface area contributed by atoms with Gasteiger partial charge in [-0.1, -0.05) is 68.7 Å². The number of hydrogen-bond acceptors (Lipinski definition) is 6. The van der Waals surface area contributed by atoms with Crippen LogP contribution >= 0.6 is 0 Å². The van der Waals surface area contributed by atoms with Gasteiger partial charge in [-0.05, 0) is 48.4 Å².